The predicted molar refractivity (Wildman–Crippen MR) is 146 cm³/mol. The lowest BCUT2D eigenvalue weighted by molar-refractivity contribution is -0.938. The molecule has 0 radical (unpaired) electrons. The van der Waals surface area contributed by atoms with Crippen molar-refractivity contribution >= 4 is 16.1 Å². The van der Waals surface area contributed by atoms with E-state index in [1.165, 1.54) is 12.1 Å². The standard InChI is InChI=1S/C24H28NO3.C7H8O3S/c1-24(16-10-6-4-7-11-16,17-12-8-5-9-13-17)23(26)27-18-14-19-21-22(28-21)20(15-18)25(19,2)3;1-6-2-4-7(5-3-6)11(8,9)10/h4-13,18-22H,14-15H2,1-3H3;2-5H,1H3,(H,8,9,10)/q+1;/p-1. The van der Waals surface area contributed by atoms with Crippen LogP contribution < -0.4 is 0 Å². The van der Waals surface area contributed by atoms with E-state index in [1.54, 1.807) is 12.1 Å². The summed E-state index contributed by atoms with van der Waals surface area (Å²) in [5.74, 6) is -0.156. The number of fused-ring (bicyclic) bond motifs is 5. The molecule has 4 unspecified atom stereocenters. The Labute approximate surface area is 230 Å². The van der Waals surface area contributed by atoms with Crippen LogP contribution in [0.3, 0.4) is 0 Å². The van der Waals surface area contributed by atoms with Crippen LogP contribution in [-0.4, -0.2) is 67.9 Å². The normalized spacial score (nSPS) is 26.5. The predicted octanol–water partition coefficient (Wildman–Crippen LogP) is 4.19. The van der Waals surface area contributed by atoms with Gasteiger partial charge in [-0.2, -0.15) is 0 Å². The summed E-state index contributed by atoms with van der Waals surface area (Å²) >= 11 is 0. The van der Waals surface area contributed by atoms with E-state index in [9.17, 15) is 17.8 Å². The van der Waals surface area contributed by atoms with Gasteiger partial charge in [0.05, 0.1) is 19.0 Å². The molecule has 3 fully saturated rings. The Bertz CT molecular complexity index is 1360. The minimum Gasteiger partial charge on any atom is -0.744 e. The first-order valence-electron chi connectivity index (χ1n) is 13.3. The van der Waals surface area contributed by atoms with Gasteiger partial charge in [0, 0.05) is 12.8 Å². The molecule has 0 spiro atoms. The van der Waals surface area contributed by atoms with Gasteiger partial charge < -0.3 is 18.5 Å². The third-order valence-electron chi connectivity index (χ3n) is 8.73. The zero-order chi connectivity index (χ0) is 28.0. The molecule has 0 amide bonds. The van der Waals surface area contributed by atoms with Crippen molar-refractivity contribution in [3.63, 3.8) is 0 Å². The second-order valence-electron chi connectivity index (χ2n) is 11.5. The average Bonchev–Trinajstić information content (AvgIpc) is 3.68. The summed E-state index contributed by atoms with van der Waals surface area (Å²) in [6.07, 6.45) is 2.46. The van der Waals surface area contributed by atoms with Gasteiger partial charge in [0.15, 0.2) is 0 Å². The molecule has 3 aromatic rings. The highest BCUT2D eigenvalue weighted by molar-refractivity contribution is 7.85. The summed E-state index contributed by atoms with van der Waals surface area (Å²) in [4.78, 5) is 13.4. The molecule has 3 heterocycles. The van der Waals surface area contributed by atoms with Crippen LogP contribution in [0.15, 0.2) is 89.8 Å². The van der Waals surface area contributed by atoms with E-state index in [4.69, 9.17) is 9.47 Å². The number of aryl methyl sites for hydroxylation is 1. The quantitative estimate of drug-likeness (QED) is 0.205. The third kappa shape index (κ3) is 5.26. The van der Waals surface area contributed by atoms with Gasteiger partial charge in [-0.15, -0.1) is 0 Å². The Kier molecular flexibility index (Phi) is 7.18. The fourth-order valence-corrected chi connectivity index (χ4v) is 6.69. The van der Waals surface area contributed by atoms with Crippen LogP contribution in [-0.2, 0) is 29.8 Å². The van der Waals surface area contributed by atoms with E-state index in [1.807, 2.05) is 74.5 Å². The van der Waals surface area contributed by atoms with Crippen molar-refractivity contribution in [1.82, 2.24) is 0 Å². The van der Waals surface area contributed by atoms with Crippen LogP contribution in [0.1, 0.15) is 36.5 Å². The minimum atomic E-state index is -4.27. The number of carbonyl (C=O) groups is 1. The molecule has 3 aliphatic rings. The second-order valence-corrected chi connectivity index (χ2v) is 12.8. The van der Waals surface area contributed by atoms with Crippen LogP contribution in [0.5, 0.6) is 0 Å². The molecule has 3 aliphatic heterocycles. The number of esters is 1. The molecule has 39 heavy (non-hydrogen) atoms. The molecular formula is C31H35NO6S. The molecule has 4 atom stereocenters. The molecule has 7 nitrogen and oxygen atoms in total. The van der Waals surface area contributed by atoms with E-state index in [0.717, 1.165) is 34.0 Å². The van der Waals surface area contributed by atoms with Gasteiger partial charge in [-0.25, -0.2) is 8.42 Å². The maximum atomic E-state index is 13.6. The van der Waals surface area contributed by atoms with Crippen LogP contribution in [0.2, 0.25) is 0 Å². The minimum absolute atomic E-state index is 0.0307. The van der Waals surface area contributed by atoms with E-state index >= 15 is 0 Å². The molecule has 2 bridgehead atoms. The van der Waals surface area contributed by atoms with Crippen molar-refractivity contribution in [2.75, 3.05) is 14.1 Å². The molecule has 3 aromatic carbocycles. The molecule has 8 heteroatoms. The van der Waals surface area contributed by atoms with Gasteiger partial charge in [-0.3, -0.25) is 4.79 Å². The first-order valence-corrected chi connectivity index (χ1v) is 14.7. The van der Waals surface area contributed by atoms with Crippen LogP contribution in [0, 0.1) is 6.92 Å². The number of ether oxygens (including phenoxy) is 2. The zero-order valence-corrected chi connectivity index (χ0v) is 23.5. The Morgan fingerprint density at radius 1 is 0.872 bits per heavy atom. The number of rotatable bonds is 5. The highest BCUT2D eigenvalue weighted by atomic mass is 32.2. The lowest BCUT2D eigenvalue weighted by atomic mass is 9.76. The van der Waals surface area contributed by atoms with Crippen molar-refractivity contribution < 1.29 is 31.7 Å². The number of benzene rings is 3. The molecule has 6 rings (SSSR count). The van der Waals surface area contributed by atoms with Gasteiger partial charge in [0.1, 0.15) is 45.9 Å². The maximum absolute atomic E-state index is 13.6. The molecule has 206 valence electrons. The van der Waals surface area contributed by atoms with E-state index in [0.29, 0.717) is 24.3 Å². The van der Waals surface area contributed by atoms with E-state index in [2.05, 4.69) is 14.1 Å². The number of epoxide rings is 1. The Balaban J connectivity index is 0.000000237. The summed E-state index contributed by atoms with van der Waals surface area (Å²) in [5, 5.41) is 0. The Morgan fingerprint density at radius 3 is 1.77 bits per heavy atom. The number of likely N-dealkylation sites (N-methyl/N-ethyl adjacent to an activating group) is 1. The molecule has 3 saturated heterocycles. The van der Waals surface area contributed by atoms with Crippen molar-refractivity contribution in [1.29, 1.82) is 0 Å². The summed E-state index contributed by atoms with van der Waals surface area (Å²) in [6, 6.07) is 26.6. The first-order chi connectivity index (χ1) is 18.4. The van der Waals surface area contributed by atoms with Gasteiger partial charge >= 0.3 is 5.97 Å². The van der Waals surface area contributed by atoms with Crippen molar-refractivity contribution in [3.8, 4) is 0 Å². The number of hydrogen-bond donors (Lipinski definition) is 0. The topological polar surface area (TPSA) is 96.0 Å². The Hall–Kier alpha value is -3.04. The SMILES string of the molecule is CC(C(=O)OC1CC2C3OC3C(C1)[N+]2(C)C)(c1ccccc1)c1ccccc1.Cc1ccc(S(=O)(=O)[O-])cc1. The van der Waals surface area contributed by atoms with Crippen LogP contribution in [0.25, 0.3) is 0 Å². The fourth-order valence-electron chi connectivity index (χ4n) is 6.22. The lowest BCUT2D eigenvalue weighted by Gasteiger charge is -2.45. The highest BCUT2D eigenvalue weighted by Gasteiger charge is 2.70. The number of hydrogen-bond acceptors (Lipinski definition) is 6. The molecule has 0 saturated carbocycles. The number of carbonyl (C=O) groups excluding carboxylic acids is 1. The monoisotopic (exact) mass is 549 g/mol. The van der Waals surface area contributed by atoms with Gasteiger partial charge in [-0.05, 0) is 37.1 Å². The maximum Gasteiger partial charge on any atom is 0.321 e. The summed E-state index contributed by atoms with van der Waals surface area (Å²) < 4.78 is 44.2. The summed E-state index contributed by atoms with van der Waals surface area (Å²) in [5.41, 5.74) is 2.04. The Morgan fingerprint density at radius 2 is 1.33 bits per heavy atom. The molecule has 0 aliphatic carbocycles. The number of piperidine rings is 1. The molecule has 0 N–H and O–H groups in total. The highest BCUT2D eigenvalue weighted by Crippen LogP contribution is 2.52. The number of morpholine rings is 1. The number of quaternary nitrogens is 1. The van der Waals surface area contributed by atoms with E-state index < -0.39 is 15.5 Å². The van der Waals surface area contributed by atoms with Crippen molar-refractivity contribution in [2.24, 2.45) is 0 Å². The van der Waals surface area contributed by atoms with E-state index in [-0.39, 0.29) is 17.0 Å². The van der Waals surface area contributed by atoms with Gasteiger partial charge in [-0.1, -0.05) is 78.4 Å². The third-order valence-corrected chi connectivity index (χ3v) is 9.58. The number of nitrogens with zero attached hydrogens (tertiary/aromatic N) is 1. The summed E-state index contributed by atoms with van der Waals surface area (Å²) in [6.45, 7) is 3.80. The lowest BCUT2D eigenvalue weighted by Crippen LogP contribution is -2.60. The second kappa shape index (κ2) is 10.2. The first kappa shape index (κ1) is 27.5. The molecular weight excluding hydrogens is 514 g/mol. The van der Waals surface area contributed by atoms with Crippen molar-refractivity contribution in [3.05, 3.63) is 102 Å². The van der Waals surface area contributed by atoms with Gasteiger partial charge in [0.2, 0.25) is 0 Å². The summed E-state index contributed by atoms with van der Waals surface area (Å²) in [7, 11) is 0.316. The largest absolute Gasteiger partial charge is 0.744 e. The van der Waals surface area contributed by atoms with Crippen molar-refractivity contribution in [2.45, 2.75) is 67.4 Å². The fraction of sp³-hybridized carbons (Fsp3) is 0.387. The van der Waals surface area contributed by atoms with Crippen LogP contribution >= 0.6 is 0 Å². The van der Waals surface area contributed by atoms with Gasteiger partial charge in [0.25, 0.3) is 0 Å². The smallest absolute Gasteiger partial charge is 0.321 e. The zero-order valence-electron chi connectivity index (χ0n) is 22.7. The van der Waals surface area contributed by atoms with Crippen LogP contribution in [0.4, 0.5) is 0 Å². The average molecular weight is 550 g/mol. The molecule has 0 aromatic heterocycles.